The molecule has 0 bridgehead atoms. The number of benzene rings is 1. The van der Waals surface area contributed by atoms with Gasteiger partial charge in [-0.3, -0.25) is 4.79 Å². The zero-order valence-corrected chi connectivity index (χ0v) is 16.8. The van der Waals surface area contributed by atoms with Crippen molar-refractivity contribution in [1.82, 2.24) is 9.62 Å². The Balaban J connectivity index is 2.11. The first-order chi connectivity index (χ1) is 12.4. The SMILES string of the molecule is CCCC(C)NC(=O)CCc1cc(S(=O)(=O)N2CCCC2)ccc1OC. The molecule has 1 saturated heterocycles. The molecule has 1 aromatic rings. The highest BCUT2D eigenvalue weighted by molar-refractivity contribution is 7.89. The van der Waals surface area contributed by atoms with Gasteiger partial charge in [0.15, 0.2) is 0 Å². The smallest absolute Gasteiger partial charge is 0.243 e. The fourth-order valence-corrected chi connectivity index (χ4v) is 4.86. The molecule has 7 heteroatoms. The predicted octanol–water partition coefficient (Wildman–Crippen LogP) is 2.72. The topological polar surface area (TPSA) is 75.7 Å². The maximum absolute atomic E-state index is 12.7. The third kappa shape index (κ3) is 5.20. The quantitative estimate of drug-likeness (QED) is 0.712. The lowest BCUT2D eigenvalue weighted by atomic mass is 10.1. The van der Waals surface area contributed by atoms with Crippen LogP contribution in [0.4, 0.5) is 0 Å². The van der Waals surface area contributed by atoms with E-state index in [4.69, 9.17) is 4.74 Å². The molecule has 26 heavy (non-hydrogen) atoms. The molecule has 0 spiro atoms. The van der Waals surface area contributed by atoms with Crippen molar-refractivity contribution in [1.29, 1.82) is 0 Å². The van der Waals surface area contributed by atoms with E-state index in [0.717, 1.165) is 31.2 Å². The van der Waals surface area contributed by atoms with Crippen molar-refractivity contribution < 1.29 is 17.9 Å². The number of hydrogen-bond donors (Lipinski definition) is 1. The molecule has 1 atom stereocenters. The molecule has 0 aromatic heterocycles. The molecule has 1 heterocycles. The van der Waals surface area contributed by atoms with Gasteiger partial charge in [-0.1, -0.05) is 13.3 Å². The number of amides is 1. The van der Waals surface area contributed by atoms with Crippen molar-refractivity contribution >= 4 is 15.9 Å². The number of sulfonamides is 1. The summed E-state index contributed by atoms with van der Waals surface area (Å²) in [5, 5.41) is 2.97. The van der Waals surface area contributed by atoms with Crippen LogP contribution in [0.5, 0.6) is 5.75 Å². The minimum atomic E-state index is -3.47. The first kappa shape index (κ1) is 20.7. The number of methoxy groups -OCH3 is 1. The first-order valence-electron chi connectivity index (χ1n) is 9.35. The number of carbonyl (C=O) groups is 1. The molecule has 0 aliphatic carbocycles. The summed E-state index contributed by atoms with van der Waals surface area (Å²) < 4.78 is 32.4. The van der Waals surface area contributed by atoms with E-state index in [1.54, 1.807) is 25.3 Å². The molecule has 1 aliphatic rings. The van der Waals surface area contributed by atoms with Crippen molar-refractivity contribution in [2.45, 2.75) is 63.3 Å². The van der Waals surface area contributed by atoms with Gasteiger partial charge in [-0.25, -0.2) is 8.42 Å². The standard InChI is InChI=1S/C19H30N2O4S/c1-4-7-15(2)20-19(22)11-8-16-14-17(9-10-18(16)25-3)26(23,24)21-12-5-6-13-21/h9-10,14-15H,4-8,11-13H2,1-3H3,(H,20,22). The molecule has 146 valence electrons. The summed E-state index contributed by atoms with van der Waals surface area (Å²) >= 11 is 0. The molecule has 1 unspecified atom stereocenters. The summed E-state index contributed by atoms with van der Waals surface area (Å²) in [6, 6.07) is 5.06. The van der Waals surface area contributed by atoms with Gasteiger partial charge in [0.2, 0.25) is 15.9 Å². The molecular formula is C19H30N2O4S. The van der Waals surface area contributed by atoms with Crippen molar-refractivity contribution in [3.8, 4) is 5.75 Å². The van der Waals surface area contributed by atoms with E-state index in [9.17, 15) is 13.2 Å². The Hall–Kier alpha value is -1.60. The van der Waals surface area contributed by atoms with Crippen LogP contribution in [0.1, 0.15) is 51.5 Å². The Morgan fingerprint density at radius 3 is 2.62 bits per heavy atom. The van der Waals surface area contributed by atoms with Gasteiger partial charge in [-0.2, -0.15) is 4.31 Å². The number of rotatable bonds is 9. The van der Waals surface area contributed by atoms with Crippen molar-refractivity contribution in [2.24, 2.45) is 0 Å². The van der Waals surface area contributed by atoms with Crippen molar-refractivity contribution in [3.63, 3.8) is 0 Å². The molecule has 0 saturated carbocycles. The normalized spacial score (nSPS) is 16.4. The van der Waals surface area contributed by atoms with Gasteiger partial charge in [0.25, 0.3) is 0 Å². The van der Waals surface area contributed by atoms with Crippen LogP contribution in [0.3, 0.4) is 0 Å². The van der Waals surface area contributed by atoms with Gasteiger partial charge >= 0.3 is 0 Å². The Morgan fingerprint density at radius 2 is 2.00 bits per heavy atom. The van der Waals surface area contributed by atoms with Gasteiger partial charge in [-0.15, -0.1) is 0 Å². The van der Waals surface area contributed by atoms with Crippen LogP contribution in [0.2, 0.25) is 0 Å². The van der Waals surface area contributed by atoms with E-state index < -0.39 is 10.0 Å². The molecule has 1 aliphatic heterocycles. The summed E-state index contributed by atoms with van der Waals surface area (Å²) in [5.74, 6) is 0.584. The zero-order chi connectivity index (χ0) is 19.2. The number of aryl methyl sites for hydroxylation is 1. The van der Waals surface area contributed by atoms with Crippen molar-refractivity contribution in [2.75, 3.05) is 20.2 Å². The fraction of sp³-hybridized carbons (Fsp3) is 0.632. The van der Waals surface area contributed by atoms with Crippen LogP contribution in [0, 0.1) is 0 Å². The van der Waals surface area contributed by atoms with Gasteiger partial charge in [0, 0.05) is 25.6 Å². The minimum Gasteiger partial charge on any atom is -0.496 e. The molecule has 1 aromatic carbocycles. The number of nitrogens with zero attached hydrogens (tertiary/aromatic N) is 1. The lowest BCUT2D eigenvalue weighted by Crippen LogP contribution is -2.32. The lowest BCUT2D eigenvalue weighted by Gasteiger charge is -2.17. The fourth-order valence-electron chi connectivity index (χ4n) is 3.29. The number of nitrogens with one attached hydrogen (secondary N) is 1. The average Bonchev–Trinajstić information content (AvgIpc) is 3.15. The summed E-state index contributed by atoms with van der Waals surface area (Å²) in [5.41, 5.74) is 0.742. The highest BCUT2D eigenvalue weighted by Crippen LogP contribution is 2.27. The van der Waals surface area contributed by atoms with Gasteiger partial charge in [-0.05, 0) is 56.4 Å². The molecule has 0 radical (unpaired) electrons. The summed E-state index contributed by atoms with van der Waals surface area (Å²) in [6.07, 6.45) is 4.51. The van der Waals surface area contributed by atoms with E-state index in [2.05, 4.69) is 12.2 Å². The number of ether oxygens (including phenoxy) is 1. The highest BCUT2D eigenvalue weighted by atomic mass is 32.2. The second kappa shape index (κ2) is 9.37. The van der Waals surface area contributed by atoms with Crippen LogP contribution in [0.25, 0.3) is 0 Å². The first-order valence-corrected chi connectivity index (χ1v) is 10.8. The summed E-state index contributed by atoms with van der Waals surface area (Å²) in [4.78, 5) is 12.4. The van der Waals surface area contributed by atoms with Gasteiger partial charge < -0.3 is 10.1 Å². The Bertz CT molecular complexity index is 712. The molecule has 6 nitrogen and oxygen atoms in total. The van der Waals surface area contributed by atoms with Crippen LogP contribution < -0.4 is 10.1 Å². The van der Waals surface area contributed by atoms with E-state index in [1.807, 2.05) is 6.92 Å². The monoisotopic (exact) mass is 382 g/mol. The minimum absolute atomic E-state index is 0.0270. The summed E-state index contributed by atoms with van der Waals surface area (Å²) in [7, 11) is -1.92. The lowest BCUT2D eigenvalue weighted by molar-refractivity contribution is -0.121. The van der Waals surface area contributed by atoms with Crippen LogP contribution in [-0.4, -0.2) is 44.9 Å². The van der Waals surface area contributed by atoms with E-state index >= 15 is 0 Å². The van der Waals surface area contributed by atoms with Crippen molar-refractivity contribution in [3.05, 3.63) is 23.8 Å². The molecular weight excluding hydrogens is 352 g/mol. The van der Waals surface area contributed by atoms with E-state index in [-0.39, 0.29) is 16.8 Å². The summed E-state index contributed by atoms with van der Waals surface area (Å²) in [6.45, 7) is 5.22. The second-order valence-electron chi connectivity index (χ2n) is 6.84. The highest BCUT2D eigenvalue weighted by Gasteiger charge is 2.27. The van der Waals surface area contributed by atoms with Crippen LogP contribution in [0.15, 0.2) is 23.1 Å². The Morgan fingerprint density at radius 1 is 1.31 bits per heavy atom. The molecule has 2 rings (SSSR count). The largest absolute Gasteiger partial charge is 0.496 e. The van der Waals surface area contributed by atoms with Crippen LogP contribution >= 0.6 is 0 Å². The zero-order valence-electron chi connectivity index (χ0n) is 16.0. The van der Waals surface area contributed by atoms with Gasteiger partial charge in [0.05, 0.1) is 12.0 Å². The Kier molecular flexibility index (Phi) is 7.46. The third-order valence-corrected chi connectivity index (χ3v) is 6.60. The molecule has 1 N–H and O–H groups in total. The number of hydrogen-bond acceptors (Lipinski definition) is 4. The Labute approximate surface area is 157 Å². The maximum atomic E-state index is 12.7. The van der Waals surface area contributed by atoms with Crippen LogP contribution in [-0.2, 0) is 21.2 Å². The molecule has 1 amide bonds. The predicted molar refractivity (Wildman–Crippen MR) is 102 cm³/mol. The second-order valence-corrected chi connectivity index (χ2v) is 8.78. The molecule has 1 fully saturated rings. The van der Waals surface area contributed by atoms with E-state index in [1.165, 1.54) is 4.31 Å². The maximum Gasteiger partial charge on any atom is 0.243 e. The van der Waals surface area contributed by atoms with E-state index in [0.29, 0.717) is 31.7 Å². The number of carbonyl (C=O) groups excluding carboxylic acids is 1. The van der Waals surface area contributed by atoms with Gasteiger partial charge in [0.1, 0.15) is 5.75 Å². The average molecular weight is 383 g/mol. The third-order valence-electron chi connectivity index (χ3n) is 4.71.